The Hall–Kier alpha value is -1.82. The second-order valence-corrected chi connectivity index (χ2v) is 5.09. The molecule has 0 bridgehead atoms. The Kier molecular flexibility index (Phi) is 4.13. The molecule has 0 spiro atoms. The highest BCUT2D eigenvalue weighted by Gasteiger charge is 2.31. The maximum atomic E-state index is 13.1. The second kappa shape index (κ2) is 5.66. The Balaban J connectivity index is 2.08. The quantitative estimate of drug-likeness (QED) is 0.680. The molecule has 0 unspecified atom stereocenters. The zero-order chi connectivity index (χ0) is 14.8. The van der Waals surface area contributed by atoms with Crippen LogP contribution in [0.1, 0.15) is 30.1 Å². The molecule has 1 saturated heterocycles. The van der Waals surface area contributed by atoms with E-state index >= 15 is 0 Å². The first kappa shape index (κ1) is 14.6. The van der Waals surface area contributed by atoms with Crippen molar-refractivity contribution in [2.45, 2.75) is 25.3 Å². The van der Waals surface area contributed by atoms with E-state index in [0.717, 1.165) is 18.2 Å². The monoisotopic (exact) mass is 283 g/mol. The molecule has 0 aliphatic carbocycles. The Morgan fingerprint density at radius 2 is 1.85 bits per heavy atom. The zero-order valence-electron chi connectivity index (χ0n) is 11.0. The van der Waals surface area contributed by atoms with Crippen LogP contribution in [0.15, 0.2) is 18.2 Å². The summed E-state index contributed by atoms with van der Waals surface area (Å²) in [6.45, 7) is 2.85. The summed E-state index contributed by atoms with van der Waals surface area (Å²) in [5.74, 6) is -3.91. The van der Waals surface area contributed by atoms with Gasteiger partial charge >= 0.3 is 0 Å². The smallest absolute Gasteiger partial charge is 0.292 e. The van der Waals surface area contributed by atoms with Crippen LogP contribution in [0.4, 0.5) is 8.78 Å². The molecule has 0 aromatic heterocycles. The first-order chi connectivity index (χ1) is 9.41. The van der Waals surface area contributed by atoms with Crippen molar-refractivity contribution in [1.29, 1.82) is 0 Å². The molecule has 1 N–H and O–H groups in total. The van der Waals surface area contributed by atoms with Crippen molar-refractivity contribution in [2.75, 3.05) is 13.2 Å². The van der Waals surface area contributed by atoms with Gasteiger partial charge in [-0.25, -0.2) is 8.78 Å². The minimum Gasteiger partial charge on any atom is -0.381 e. The molecule has 1 aliphatic rings. The van der Waals surface area contributed by atoms with Crippen LogP contribution in [0, 0.1) is 11.6 Å². The molecule has 0 saturated carbocycles. The predicted molar refractivity (Wildman–Crippen MR) is 67.3 cm³/mol. The fourth-order valence-electron chi connectivity index (χ4n) is 2.05. The number of ketones is 1. The molecule has 2 rings (SSSR count). The topological polar surface area (TPSA) is 55.4 Å². The standard InChI is InChI=1S/C14H15F2NO3/c1-14(4-6-20-7-5-14)17-13(19)12(18)9-2-3-10(15)11(16)8-9/h2-3,8H,4-7H2,1H3,(H,17,19). The zero-order valence-corrected chi connectivity index (χ0v) is 11.0. The highest BCUT2D eigenvalue weighted by molar-refractivity contribution is 6.42. The SMILES string of the molecule is CC1(NC(=O)C(=O)c2ccc(F)c(F)c2)CCOCC1. The molecule has 1 aliphatic heterocycles. The number of ether oxygens (including phenoxy) is 1. The van der Waals surface area contributed by atoms with Crippen LogP contribution in [-0.4, -0.2) is 30.4 Å². The molecule has 1 aromatic rings. The molecule has 1 aromatic carbocycles. The van der Waals surface area contributed by atoms with Crippen molar-refractivity contribution in [3.8, 4) is 0 Å². The van der Waals surface area contributed by atoms with Gasteiger partial charge in [-0.15, -0.1) is 0 Å². The van der Waals surface area contributed by atoms with Crippen molar-refractivity contribution in [3.63, 3.8) is 0 Å². The molecular weight excluding hydrogens is 268 g/mol. The molecule has 0 atom stereocenters. The molecule has 0 radical (unpaired) electrons. The predicted octanol–water partition coefficient (Wildman–Crippen LogP) is 1.83. The van der Waals surface area contributed by atoms with E-state index in [-0.39, 0.29) is 5.56 Å². The van der Waals surface area contributed by atoms with Crippen molar-refractivity contribution < 1.29 is 23.1 Å². The van der Waals surface area contributed by atoms with Gasteiger partial charge in [-0.2, -0.15) is 0 Å². The third kappa shape index (κ3) is 3.19. The lowest BCUT2D eigenvalue weighted by Crippen LogP contribution is -2.51. The number of halogens is 2. The first-order valence-corrected chi connectivity index (χ1v) is 6.31. The molecular formula is C14H15F2NO3. The van der Waals surface area contributed by atoms with Gasteiger partial charge in [-0.05, 0) is 38.0 Å². The van der Waals surface area contributed by atoms with E-state index in [1.165, 1.54) is 0 Å². The number of benzene rings is 1. The van der Waals surface area contributed by atoms with Gasteiger partial charge in [-0.3, -0.25) is 9.59 Å². The Morgan fingerprint density at radius 1 is 1.20 bits per heavy atom. The maximum Gasteiger partial charge on any atom is 0.292 e. The summed E-state index contributed by atoms with van der Waals surface area (Å²) in [6, 6.07) is 2.64. The summed E-state index contributed by atoms with van der Waals surface area (Å²) in [5, 5.41) is 2.64. The van der Waals surface area contributed by atoms with E-state index in [1.54, 1.807) is 0 Å². The normalized spacial score (nSPS) is 17.6. The van der Waals surface area contributed by atoms with Gasteiger partial charge in [0.05, 0.1) is 0 Å². The fourth-order valence-corrected chi connectivity index (χ4v) is 2.05. The van der Waals surface area contributed by atoms with Gasteiger partial charge in [0.15, 0.2) is 11.6 Å². The fraction of sp³-hybridized carbons (Fsp3) is 0.429. The average molecular weight is 283 g/mol. The minimum atomic E-state index is -1.15. The number of hydrogen-bond donors (Lipinski definition) is 1. The second-order valence-electron chi connectivity index (χ2n) is 5.09. The van der Waals surface area contributed by atoms with Crippen LogP contribution >= 0.6 is 0 Å². The summed E-state index contributed by atoms with van der Waals surface area (Å²) in [6.07, 6.45) is 1.20. The summed E-state index contributed by atoms with van der Waals surface area (Å²) in [5.41, 5.74) is -0.680. The maximum absolute atomic E-state index is 13.1. The third-order valence-electron chi connectivity index (χ3n) is 3.40. The summed E-state index contributed by atoms with van der Waals surface area (Å²) in [4.78, 5) is 23.8. The molecule has 20 heavy (non-hydrogen) atoms. The molecule has 1 amide bonds. The molecule has 1 fully saturated rings. The number of rotatable bonds is 3. The number of amides is 1. The third-order valence-corrected chi connectivity index (χ3v) is 3.40. The van der Waals surface area contributed by atoms with Crippen molar-refractivity contribution in [3.05, 3.63) is 35.4 Å². The average Bonchev–Trinajstić information content (AvgIpc) is 2.41. The van der Waals surface area contributed by atoms with Gasteiger partial charge in [0.2, 0.25) is 5.78 Å². The van der Waals surface area contributed by atoms with Crippen LogP contribution in [0.5, 0.6) is 0 Å². The lowest BCUT2D eigenvalue weighted by Gasteiger charge is -2.34. The summed E-state index contributed by atoms with van der Waals surface area (Å²) in [7, 11) is 0. The van der Waals surface area contributed by atoms with Crippen LogP contribution < -0.4 is 5.32 Å². The molecule has 1 heterocycles. The Labute approximate surface area is 115 Å². The lowest BCUT2D eigenvalue weighted by atomic mass is 9.92. The summed E-state index contributed by atoms with van der Waals surface area (Å²) >= 11 is 0. The number of hydrogen-bond acceptors (Lipinski definition) is 3. The number of carbonyl (C=O) groups excluding carboxylic acids is 2. The largest absolute Gasteiger partial charge is 0.381 e. The highest BCUT2D eigenvalue weighted by Crippen LogP contribution is 2.20. The highest BCUT2D eigenvalue weighted by atomic mass is 19.2. The number of Topliss-reactive ketones (excluding diaryl/α,β-unsaturated/α-hetero) is 1. The first-order valence-electron chi connectivity index (χ1n) is 6.31. The Morgan fingerprint density at radius 3 is 2.45 bits per heavy atom. The van der Waals surface area contributed by atoms with Crippen molar-refractivity contribution in [1.82, 2.24) is 5.32 Å². The van der Waals surface area contributed by atoms with E-state index in [1.807, 2.05) is 6.92 Å². The summed E-state index contributed by atoms with van der Waals surface area (Å²) < 4.78 is 31.1. The Bertz CT molecular complexity index is 539. The lowest BCUT2D eigenvalue weighted by molar-refractivity contribution is -0.119. The van der Waals surface area contributed by atoms with Gasteiger partial charge in [0.25, 0.3) is 5.91 Å². The van der Waals surface area contributed by atoms with Crippen LogP contribution in [-0.2, 0) is 9.53 Å². The van der Waals surface area contributed by atoms with Crippen molar-refractivity contribution >= 4 is 11.7 Å². The molecule has 4 nitrogen and oxygen atoms in total. The van der Waals surface area contributed by atoms with E-state index in [2.05, 4.69) is 5.32 Å². The van der Waals surface area contributed by atoms with Crippen molar-refractivity contribution in [2.24, 2.45) is 0 Å². The van der Waals surface area contributed by atoms with Gasteiger partial charge in [0, 0.05) is 24.3 Å². The van der Waals surface area contributed by atoms with E-state index in [9.17, 15) is 18.4 Å². The van der Waals surface area contributed by atoms with E-state index in [0.29, 0.717) is 26.1 Å². The van der Waals surface area contributed by atoms with Crippen LogP contribution in [0.25, 0.3) is 0 Å². The van der Waals surface area contributed by atoms with E-state index in [4.69, 9.17) is 4.74 Å². The van der Waals surface area contributed by atoms with Gasteiger partial charge in [-0.1, -0.05) is 0 Å². The number of nitrogens with one attached hydrogen (secondary N) is 1. The minimum absolute atomic E-state index is 0.169. The number of carbonyl (C=O) groups is 2. The van der Waals surface area contributed by atoms with E-state index < -0.39 is 28.9 Å². The molecule has 108 valence electrons. The molecule has 6 heteroatoms. The van der Waals surface area contributed by atoms with Gasteiger partial charge < -0.3 is 10.1 Å². The van der Waals surface area contributed by atoms with Crippen LogP contribution in [0.2, 0.25) is 0 Å². The van der Waals surface area contributed by atoms with Crippen LogP contribution in [0.3, 0.4) is 0 Å². The van der Waals surface area contributed by atoms with Gasteiger partial charge in [0.1, 0.15) is 0 Å².